The summed E-state index contributed by atoms with van der Waals surface area (Å²) in [6, 6.07) is 0. The molecule has 0 aromatic carbocycles. The summed E-state index contributed by atoms with van der Waals surface area (Å²) >= 11 is 0. The van der Waals surface area contributed by atoms with Gasteiger partial charge in [0.25, 0.3) is 0 Å². The SMILES string of the molecule is CCC1CCCCC1C=CC[C@H](C)[C@@H]1CNC[C@@]2(O)[C@H](OC3CCC4C(C3)OCC(C3CCC(O)CC3)C4O)O[C@H](C(=O)O)[C@@H](O)[C@@H]2OCSSC[C@H]1C1=C[CH+]N=C1. The van der Waals surface area contributed by atoms with Crippen molar-refractivity contribution in [3.63, 3.8) is 0 Å². The lowest BCUT2D eigenvalue weighted by Crippen LogP contribution is -2.72. The number of β-amino-alcohol motifs (C(OH)–C–C–N with tert-alkyl or cyclic N) is 1. The molecule has 15 atom stereocenters. The van der Waals surface area contributed by atoms with Gasteiger partial charge >= 0.3 is 5.97 Å². The Morgan fingerprint density at radius 1 is 1.07 bits per heavy atom. The van der Waals surface area contributed by atoms with E-state index in [0.717, 1.165) is 43.8 Å². The molecule has 4 heterocycles. The highest BCUT2D eigenvalue weighted by atomic mass is 33.1. The van der Waals surface area contributed by atoms with E-state index < -0.39 is 48.4 Å². The maximum absolute atomic E-state index is 12.7. The Bertz CT molecular complexity index is 1430. The summed E-state index contributed by atoms with van der Waals surface area (Å²) in [6.07, 6.45) is 13.8. The van der Waals surface area contributed by atoms with E-state index in [1.807, 2.05) is 12.8 Å². The molecule has 0 bridgehead atoms. The third-order valence-electron chi connectivity index (χ3n) is 14.9. The maximum Gasteiger partial charge on any atom is 0.335 e. The van der Waals surface area contributed by atoms with Gasteiger partial charge in [0.2, 0.25) is 0 Å². The largest absolute Gasteiger partial charge is 0.479 e. The van der Waals surface area contributed by atoms with Crippen molar-refractivity contribution in [1.29, 1.82) is 0 Å². The quantitative estimate of drug-likeness (QED) is 0.0920. The molecule has 14 heteroatoms. The molecule has 326 valence electrons. The normalized spacial score (nSPS) is 44.9. The maximum atomic E-state index is 12.7. The number of aliphatic hydroxyl groups is 4. The number of rotatable bonds is 10. The lowest BCUT2D eigenvalue weighted by atomic mass is 9.69. The predicted octanol–water partition coefficient (Wildman–Crippen LogP) is 5.53. The Morgan fingerprint density at radius 2 is 1.88 bits per heavy atom. The molecule has 6 N–H and O–H groups in total. The zero-order valence-corrected chi connectivity index (χ0v) is 36.0. The lowest BCUT2D eigenvalue weighted by molar-refractivity contribution is -0.349. The summed E-state index contributed by atoms with van der Waals surface area (Å²) in [7, 11) is 3.15. The van der Waals surface area contributed by atoms with Crippen molar-refractivity contribution in [1.82, 2.24) is 5.32 Å². The molecular formula is C44H69N2O10S2+. The van der Waals surface area contributed by atoms with Crippen LogP contribution in [0.2, 0.25) is 0 Å². The van der Waals surface area contributed by atoms with E-state index >= 15 is 0 Å². The summed E-state index contributed by atoms with van der Waals surface area (Å²) < 4.78 is 25.3. The van der Waals surface area contributed by atoms with Crippen molar-refractivity contribution >= 4 is 33.8 Å². The van der Waals surface area contributed by atoms with Gasteiger partial charge < -0.3 is 49.8 Å². The van der Waals surface area contributed by atoms with Gasteiger partial charge in [-0.2, -0.15) is 0 Å². The van der Waals surface area contributed by atoms with Gasteiger partial charge in [-0.3, -0.25) is 0 Å². The summed E-state index contributed by atoms with van der Waals surface area (Å²) in [5.41, 5.74) is -0.753. The Balaban J connectivity index is 1.06. The molecule has 0 amide bonds. The number of hydrogen-bond acceptors (Lipinski definition) is 13. The van der Waals surface area contributed by atoms with Crippen LogP contribution in [0.25, 0.3) is 0 Å². The first-order valence-corrected chi connectivity index (χ1v) is 24.8. The van der Waals surface area contributed by atoms with Gasteiger partial charge in [-0.05, 0) is 87.4 Å². The van der Waals surface area contributed by atoms with E-state index in [1.165, 1.54) is 48.5 Å². The van der Waals surface area contributed by atoms with Crippen molar-refractivity contribution in [3.05, 3.63) is 30.3 Å². The van der Waals surface area contributed by atoms with Crippen LogP contribution >= 0.6 is 21.6 Å². The molecule has 4 aliphatic heterocycles. The molecule has 7 aliphatic rings. The van der Waals surface area contributed by atoms with Gasteiger partial charge in [-0.1, -0.05) is 66.8 Å². The Kier molecular flexibility index (Phi) is 16.1. The second-order valence-electron chi connectivity index (χ2n) is 18.4. The number of hydrogen-bond donors (Lipinski definition) is 6. The molecule has 3 saturated carbocycles. The molecule has 3 aliphatic carbocycles. The van der Waals surface area contributed by atoms with E-state index in [9.17, 15) is 30.3 Å². The van der Waals surface area contributed by atoms with E-state index in [-0.39, 0.29) is 48.4 Å². The Labute approximate surface area is 353 Å². The summed E-state index contributed by atoms with van der Waals surface area (Å²) in [5.74, 6) is 1.91. The average molecular weight is 850 g/mol. The van der Waals surface area contributed by atoms with Crippen LogP contribution in [-0.4, -0.2) is 124 Å². The number of carboxylic acids is 1. The summed E-state index contributed by atoms with van der Waals surface area (Å²) in [5, 5.41) is 59.5. The molecule has 12 nitrogen and oxygen atoms in total. The Morgan fingerprint density at radius 3 is 2.64 bits per heavy atom. The number of allylic oxidation sites excluding steroid dienone is 3. The van der Waals surface area contributed by atoms with E-state index in [2.05, 4.69) is 42.4 Å². The minimum atomic E-state index is -1.93. The molecule has 0 spiro atoms. The van der Waals surface area contributed by atoms with E-state index in [1.54, 1.807) is 10.8 Å². The number of ether oxygens (including phenoxy) is 4. The molecule has 7 rings (SSSR count). The zero-order chi connectivity index (χ0) is 40.8. The number of carbonyl (C=O) groups is 1. The molecule has 3 saturated heterocycles. The Hall–Kier alpha value is -1.17. The van der Waals surface area contributed by atoms with Gasteiger partial charge in [0.15, 0.2) is 24.2 Å². The van der Waals surface area contributed by atoms with Gasteiger partial charge in [-0.25, -0.2) is 4.79 Å². The first kappa shape index (κ1) is 44.9. The average Bonchev–Trinajstić information content (AvgIpc) is 3.75. The fourth-order valence-corrected chi connectivity index (χ4v) is 13.4. The van der Waals surface area contributed by atoms with Crippen molar-refractivity contribution in [2.24, 2.45) is 52.3 Å². The topological polar surface area (TPSA) is 180 Å². The second kappa shape index (κ2) is 20.8. The molecule has 58 heavy (non-hydrogen) atoms. The monoisotopic (exact) mass is 849 g/mol. The highest BCUT2D eigenvalue weighted by Gasteiger charge is 2.59. The highest BCUT2D eigenvalue weighted by Crippen LogP contribution is 2.45. The van der Waals surface area contributed by atoms with Gasteiger partial charge in [0.05, 0.1) is 43.0 Å². The number of aliphatic carboxylic acids is 1. The highest BCUT2D eigenvalue weighted by molar-refractivity contribution is 8.76. The molecule has 7 unspecified atom stereocenters. The van der Waals surface area contributed by atoms with E-state index in [0.29, 0.717) is 50.2 Å². The summed E-state index contributed by atoms with van der Waals surface area (Å²) in [6.45, 7) is 7.40. The van der Waals surface area contributed by atoms with Gasteiger partial charge in [0.1, 0.15) is 30.3 Å². The molecule has 0 radical (unpaired) electrons. The fourth-order valence-electron chi connectivity index (χ4n) is 11.4. The third kappa shape index (κ3) is 10.4. The molecule has 0 aromatic rings. The van der Waals surface area contributed by atoms with E-state index in [4.69, 9.17) is 18.9 Å². The lowest BCUT2D eigenvalue weighted by Gasteiger charge is -2.51. The first-order valence-electron chi connectivity index (χ1n) is 22.3. The number of nitrogens with one attached hydrogen (secondary N) is 1. The van der Waals surface area contributed by atoms with Crippen LogP contribution in [0, 0.1) is 53.9 Å². The minimum absolute atomic E-state index is 0.0329. The van der Waals surface area contributed by atoms with Crippen molar-refractivity contribution < 1.29 is 49.3 Å². The van der Waals surface area contributed by atoms with Crippen LogP contribution in [0.3, 0.4) is 0 Å². The van der Waals surface area contributed by atoms with Crippen LogP contribution in [0.4, 0.5) is 0 Å². The predicted molar refractivity (Wildman–Crippen MR) is 226 cm³/mol. The fraction of sp³-hybridized carbons (Fsp3) is 0.841. The van der Waals surface area contributed by atoms with Crippen molar-refractivity contribution in [3.8, 4) is 0 Å². The molecule has 6 fully saturated rings. The van der Waals surface area contributed by atoms with Gasteiger partial charge in [-0.15, -0.1) is 4.99 Å². The minimum Gasteiger partial charge on any atom is -0.479 e. The van der Waals surface area contributed by atoms with Gasteiger partial charge in [0, 0.05) is 37.1 Å². The number of nitrogens with zero attached hydrogens (tertiary/aromatic N) is 1. The van der Waals surface area contributed by atoms with Crippen LogP contribution in [-0.2, 0) is 23.7 Å². The number of carboxylic acid groups (broad SMARTS) is 1. The van der Waals surface area contributed by atoms with Crippen molar-refractivity contribution in [2.75, 3.05) is 31.4 Å². The van der Waals surface area contributed by atoms with Crippen LogP contribution < -0.4 is 5.32 Å². The number of fused-ring (bicyclic) bond motifs is 2. The zero-order valence-electron chi connectivity index (χ0n) is 34.4. The first-order chi connectivity index (χ1) is 28.1. The standard InChI is InChI=1S/C44H68N2O10S2/c1-3-27-8-4-5-9-28(27)10-6-7-26(2)34-21-46-24-44(52)41(54-25-58-57-23-36(34)30-17-18-45-20-30)39(49)40(42(50)51)56-43(44)55-32-15-16-33-37(19-32)53-22-35(38(33)48)29-11-13-31(47)14-12-29/h6,10,17-18,20,26-29,31-41,43,46-49,52H,3-5,7-9,11-16,19,21-25H2,1-2H3/p+1/t26-,27?,28?,29?,31?,32?,33?,34-,35?,36-,37?,38?,39+,40-,41-,43+,44-/m0/s1. The third-order valence-corrected chi connectivity index (χ3v) is 17.0. The number of aliphatic hydroxyl groups excluding tert-OH is 3. The second-order valence-corrected chi connectivity index (χ2v) is 20.9. The smallest absolute Gasteiger partial charge is 0.335 e. The summed E-state index contributed by atoms with van der Waals surface area (Å²) in [4.78, 5) is 16.9. The number of aliphatic imine (C=N–C) groups is 1. The molecular weight excluding hydrogens is 781 g/mol. The molecule has 0 aromatic heterocycles. The van der Waals surface area contributed by atoms with Crippen molar-refractivity contribution in [2.45, 2.75) is 152 Å². The van der Waals surface area contributed by atoms with Crippen LogP contribution in [0.15, 0.2) is 28.8 Å². The van der Waals surface area contributed by atoms with Crippen LogP contribution in [0.5, 0.6) is 0 Å². The van der Waals surface area contributed by atoms with Crippen LogP contribution in [0.1, 0.15) is 97.3 Å².